The summed E-state index contributed by atoms with van der Waals surface area (Å²) in [5.74, 6) is 0.667. The van der Waals surface area contributed by atoms with Crippen molar-refractivity contribution in [3.05, 3.63) is 59.0 Å². The molecular weight excluding hydrogens is 388 g/mol. The van der Waals surface area contributed by atoms with Crippen LogP contribution in [0.3, 0.4) is 0 Å². The van der Waals surface area contributed by atoms with Crippen LogP contribution < -0.4 is 14.8 Å². The zero-order valence-corrected chi connectivity index (χ0v) is 17.3. The molecule has 0 spiro atoms. The van der Waals surface area contributed by atoms with Crippen molar-refractivity contribution < 1.29 is 19.1 Å². The molecule has 0 aliphatic rings. The summed E-state index contributed by atoms with van der Waals surface area (Å²) in [7, 11) is 0. The summed E-state index contributed by atoms with van der Waals surface area (Å²) in [6, 6.07) is 14.4. The zero-order chi connectivity index (χ0) is 20.8. The van der Waals surface area contributed by atoms with Gasteiger partial charge in [0.05, 0.1) is 23.8 Å². The van der Waals surface area contributed by atoms with Gasteiger partial charge in [0.1, 0.15) is 0 Å². The number of benzene rings is 2. The molecule has 150 valence electrons. The molecule has 7 heteroatoms. The van der Waals surface area contributed by atoms with Crippen LogP contribution in [0.15, 0.2) is 48.5 Å². The van der Waals surface area contributed by atoms with Gasteiger partial charge in [-0.05, 0) is 32.0 Å². The summed E-state index contributed by atoms with van der Waals surface area (Å²) < 4.78 is 11.1. The van der Waals surface area contributed by atoms with Gasteiger partial charge < -0.3 is 9.47 Å². The van der Waals surface area contributed by atoms with Crippen LogP contribution in [0.4, 0.5) is 5.13 Å². The van der Waals surface area contributed by atoms with Crippen molar-refractivity contribution >= 4 is 28.2 Å². The Hall–Kier alpha value is -3.19. The minimum Gasteiger partial charge on any atom is -0.490 e. The Morgan fingerprint density at radius 3 is 2.34 bits per heavy atom. The van der Waals surface area contributed by atoms with Gasteiger partial charge in [0.15, 0.2) is 22.4 Å². The van der Waals surface area contributed by atoms with E-state index in [4.69, 9.17) is 9.47 Å². The average molecular weight is 410 g/mol. The smallest absolute Gasteiger partial charge is 0.257 e. The zero-order valence-electron chi connectivity index (χ0n) is 16.5. The van der Waals surface area contributed by atoms with E-state index in [-0.39, 0.29) is 11.7 Å². The summed E-state index contributed by atoms with van der Waals surface area (Å²) in [5.41, 5.74) is 1.81. The molecule has 2 aromatic carbocycles. The summed E-state index contributed by atoms with van der Waals surface area (Å²) in [5, 5.41) is 3.15. The van der Waals surface area contributed by atoms with Gasteiger partial charge in [0.2, 0.25) is 0 Å². The molecule has 0 saturated carbocycles. The molecule has 0 bridgehead atoms. The highest BCUT2D eigenvalue weighted by atomic mass is 32.1. The Morgan fingerprint density at radius 1 is 1.00 bits per heavy atom. The maximum absolute atomic E-state index is 12.7. The number of amides is 1. The van der Waals surface area contributed by atoms with Gasteiger partial charge in [0, 0.05) is 18.1 Å². The van der Waals surface area contributed by atoms with Gasteiger partial charge in [-0.15, -0.1) is 0 Å². The Balaban J connectivity index is 1.87. The maximum Gasteiger partial charge on any atom is 0.257 e. The van der Waals surface area contributed by atoms with E-state index >= 15 is 0 Å². The molecule has 3 rings (SSSR count). The number of aromatic nitrogens is 1. The molecule has 1 heterocycles. The molecule has 0 fully saturated rings. The molecule has 0 atom stereocenters. The number of nitrogens with zero attached hydrogens (tertiary/aromatic N) is 1. The lowest BCUT2D eigenvalue weighted by Gasteiger charge is -2.12. The van der Waals surface area contributed by atoms with E-state index in [0.717, 1.165) is 16.9 Å². The summed E-state index contributed by atoms with van der Waals surface area (Å²) in [6.45, 7) is 6.20. The Labute approximate surface area is 173 Å². The first-order valence-corrected chi connectivity index (χ1v) is 10.1. The largest absolute Gasteiger partial charge is 0.490 e. The topological polar surface area (TPSA) is 77.5 Å². The lowest BCUT2D eigenvalue weighted by Crippen LogP contribution is -2.12. The predicted octanol–water partition coefficient (Wildman–Crippen LogP) is 5.06. The number of Topliss-reactive ketones (excluding diaryl/α,β-unsaturated/α-hetero) is 1. The fraction of sp³-hybridized carbons (Fsp3) is 0.227. The van der Waals surface area contributed by atoms with Crippen LogP contribution >= 0.6 is 11.3 Å². The van der Waals surface area contributed by atoms with E-state index in [9.17, 15) is 9.59 Å². The molecule has 0 aliphatic heterocycles. The van der Waals surface area contributed by atoms with E-state index in [0.29, 0.717) is 46.0 Å². The molecule has 29 heavy (non-hydrogen) atoms. The number of carbonyl (C=O) groups excluding carboxylic acids is 2. The molecule has 1 aromatic heterocycles. The number of nitrogens with one attached hydrogen (secondary N) is 1. The maximum atomic E-state index is 12.7. The Kier molecular flexibility index (Phi) is 6.61. The first-order chi connectivity index (χ1) is 14.0. The van der Waals surface area contributed by atoms with E-state index in [1.165, 1.54) is 6.92 Å². The highest BCUT2D eigenvalue weighted by Gasteiger charge is 2.19. The highest BCUT2D eigenvalue weighted by Crippen LogP contribution is 2.32. The fourth-order valence-corrected chi connectivity index (χ4v) is 3.64. The molecule has 3 aromatic rings. The first kappa shape index (κ1) is 20.5. The minimum absolute atomic E-state index is 0.0958. The number of ether oxygens (including phenoxy) is 2. The van der Waals surface area contributed by atoms with E-state index in [1.54, 1.807) is 18.2 Å². The van der Waals surface area contributed by atoms with Crippen LogP contribution in [-0.4, -0.2) is 29.9 Å². The number of rotatable bonds is 8. The van der Waals surface area contributed by atoms with Gasteiger partial charge in [-0.3, -0.25) is 14.9 Å². The Morgan fingerprint density at radius 2 is 1.69 bits per heavy atom. The quantitative estimate of drug-likeness (QED) is 0.525. The summed E-state index contributed by atoms with van der Waals surface area (Å²) in [4.78, 5) is 29.8. The summed E-state index contributed by atoms with van der Waals surface area (Å²) >= 11 is 1.16. The molecular formula is C22H22N2O4S. The van der Waals surface area contributed by atoms with Crippen LogP contribution in [-0.2, 0) is 0 Å². The molecule has 6 nitrogen and oxygen atoms in total. The van der Waals surface area contributed by atoms with Gasteiger partial charge in [0.25, 0.3) is 5.91 Å². The second kappa shape index (κ2) is 9.34. The van der Waals surface area contributed by atoms with Crippen molar-refractivity contribution in [2.75, 3.05) is 18.5 Å². The van der Waals surface area contributed by atoms with Gasteiger partial charge >= 0.3 is 0 Å². The van der Waals surface area contributed by atoms with E-state index < -0.39 is 0 Å². The van der Waals surface area contributed by atoms with Crippen molar-refractivity contribution in [3.8, 4) is 22.8 Å². The predicted molar refractivity (Wildman–Crippen MR) is 114 cm³/mol. The number of hydrogen-bond acceptors (Lipinski definition) is 6. The molecule has 0 saturated heterocycles. The number of thiazole rings is 1. The number of anilines is 1. The molecule has 0 radical (unpaired) electrons. The first-order valence-electron chi connectivity index (χ1n) is 9.31. The van der Waals surface area contributed by atoms with Crippen LogP contribution in [0.2, 0.25) is 0 Å². The van der Waals surface area contributed by atoms with E-state index in [2.05, 4.69) is 10.3 Å². The number of hydrogen-bond donors (Lipinski definition) is 1. The normalized spacial score (nSPS) is 10.4. The molecule has 0 aliphatic carbocycles. The monoisotopic (exact) mass is 410 g/mol. The van der Waals surface area contributed by atoms with Crippen molar-refractivity contribution in [1.29, 1.82) is 0 Å². The third kappa shape index (κ3) is 4.81. The molecule has 0 unspecified atom stereocenters. The molecule has 1 amide bonds. The Bertz CT molecular complexity index is 1010. The summed E-state index contributed by atoms with van der Waals surface area (Å²) in [6.07, 6.45) is 0. The highest BCUT2D eigenvalue weighted by molar-refractivity contribution is 7.18. The fourth-order valence-electron chi connectivity index (χ4n) is 2.77. The SMILES string of the molecule is CCOc1ccc(C(=O)Nc2nc(-c3ccccc3)c(C(C)=O)s2)cc1OCC. The minimum atomic E-state index is -0.336. The third-order valence-corrected chi connectivity index (χ3v) is 5.09. The average Bonchev–Trinajstić information content (AvgIpc) is 3.14. The number of ketones is 1. The van der Waals surface area contributed by atoms with Gasteiger partial charge in [-0.2, -0.15) is 0 Å². The second-order valence-corrected chi connectivity index (χ2v) is 7.10. The van der Waals surface area contributed by atoms with Gasteiger partial charge in [-0.25, -0.2) is 4.98 Å². The van der Waals surface area contributed by atoms with Crippen molar-refractivity contribution in [3.63, 3.8) is 0 Å². The third-order valence-electron chi connectivity index (χ3n) is 4.02. The number of carbonyl (C=O) groups is 2. The second-order valence-electron chi connectivity index (χ2n) is 6.10. The lowest BCUT2D eigenvalue weighted by atomic mass is 10.1. The van der Waals surface area contributed by atoms with Gasteiger partial charge in [-0.1, -0.05) is 41.7 Å². The standard InChI is InChI=1S/C22H22N2O4S/c1-4-27-17-12-11-16(13-18(17)28-5-2)21(26)24-22-23-19(20(29-22)14(3)25)15-9-7-6-8-10-15/h6-13H,4-5H2,1-3H3,(H,23,24,26). The molecule has 1 N–H and O–H groups in total. The van der Waals surface area contributed by atoms with Crippen LogP contribution in [0.5, 0.6) is 11.5 Å². The van der Waals surface area contributed by atoms with Crippen molar-refractivity contribution in [2.45, 2.75) is 20.8 Å². The van der Waals surface area contributed by atoms with Crippen LogP contribution in [0.25, 0.3) is 11.3 Å². The van der Waals surface area contributed by atoms with Crippen LogP contribution in [0.1, 0.15) is 40.8 Å². The van der Waals surface area contributed by atoms with Crippen molar-refractivity contribution in [1.82, 2.24) is 4.98 Å². The lowest BCUT2D eigenvalue weighted by molar-refractivity contribution is 0.101. The van der Waals surface area contributed by atoms with Crippen LogP contribution in [0, 0.1) is 0 Å². The van der Waals surface area contributed by atoms with Crippen molar-refractivity contribution in [2.24, 2.45) is 0 Å². The van der Waals surface area contributed by atoms with E-state index in [1.807, 2.05) is 44.2 Å².